The van der Waals surface area contributed by atoms with Crippen molar-refractivity contribution in [2.24, 2.45) is 0 Å². The summed E-state index contributed by atoms with van der Waals surface area (Å²) in [6.07, 6.45) is 3.36. The molecule has 0 saturated carbocycles. The first kappa shape index (κ1) is 22.9. The van der Waals surface area contributed by atoms with Gasteiger partial charge < -0.3 is 20.6 Å². The molecule has 3 aromatic heterocycles. The summed E-state index contributed by atoms with van der Waals surface area (Å²) < 4.78 is 7.80. The number of fused-ring (bicyclic) bond motifs is 2. The number of aldehydes is 1. The number of ether oxygens (including phenoxy) is 1. The number of nitrogen functional groups attached to an aromatic ring is 1. The molecular formula is C23H23IN6O3. The zero-order valence-electron chi connectivity index (χ0n) is 18.4. The molecule has 0 bridgehead atoms. The Bertz CT molecular complexity index is 1360. The molecule has 1 amide bonds. The van der Waals surface area contributed by atoms with Crippen LogP contribution in [0.25, 0.3) is 27.5 Å². The molecule has 0 aliphatic heterocycles. The molecule has 0 aliphatic carbocycles. The van der Waals surface area contributed by atoms with Crippen molar-refractivity contribution in [3.05, 3.63) is 52.1 Å². The number of nitrogens with two attached hydrogens (primary N) is 1. The highest BCUT2D eigenvalue weighted by Gasteiger charge is 2.26. The van der Waals surface area contributed by atoms with Crippen LogP contribution in [0.3, 0.4) is 0 Å². The molecule has 0 aliphatic rings. The Hall–Kier alpha value is -3.28. The average molecular weight is 558 g/mol. The lowest BCUT2D eigenvalue weighted by molar-refractivity contribution is -0.109. The van der Waals surface area contributed by atoms with Gasteiger partial charge >= 0.3 is 6.09 Å². The summed E-state index contributed by atoms with van der Waals surface area (Å²) in [5.41, 5.74) is 9.47. The molecule has 1 aromatic carbocycles. The maximum atomic E-state index is 12.2. The monoisotopic (exact) mass is 558 g/mol. The number of amides is 1. The van der Waals surface area contributed by atoms with Gasteiger partial charge in [-0.1, -0.05) is 18.2 Å². The summed E-state index contributed by atoms with van der Waals surface area (Å²) in [6.45, 7) is 5.28. The predicted molar refractivity (Wildman–Crippen MR) is 134 cm³/mol. The molecule has 0 saturated heterocycles. The molecule has 10 heteroatoms. The van der Waals surface area contributed by atoms with E-state index in [1.54, 1.807) is 31.5 Å². The van der Waals surface area contributed by atoms with Crippen LogP contribution in [-0.2, 0) is 16.0 Å². The topological polar surface area (TPSA) is 124 Å². The number of carbonyl (C=O) groups is 2. The van der Waals surface area contributed by atoms with E-state index < -0.39 is 17.7 Å². The number of anilines is 1. The van der Waals surface area contributed by atoms with E-state index in [2.05, 4.69) is 43.0 Å². The van der Waals surface area contributed by atoms with Crippen LogP contribution in [0.4, 0.5) is 10.6 Å². The summed E-state index contributed by atoms with van der Waals surface area (Å²) in [4.78, 5) is 32.7. The van der Waals surface area contributed by atoms with Crippen molar-refractivity contribution in [1.29, 1.82) is 0 Å². The van der Waals surface area contributed by atoms with E-state index in [4.69, 9.17) is 10.5 Å². The summed E-state index contributed by atoms with van der Waals surface area (Å²) in [5.74, 6) is 0.306. The molecule has 0 unspecified atom stereocenters. The van der Waals surface area contributed by atoms with Gasteiger partial charge in [0, 0.05) is 32.7 Å². The van der Waals surface area contributed by atoms with Crippen LogP contribution in [0.5, 0.6) is 0 Å². The van der Waals surface area contributed by atoms with Crippen molar-refractivity contribution in [2.75, 3.05) is 5.73 Å². The molecule has 3 N–H and O–H groups in total. The SMILES string of the molecule is CC(C)(C)OC(=O)N[C@H](C=O)Cc1c(I)c(-c2cnc3ccccc3c2)c2c(N)ncnn12. The van der Waals surface area contributed by atoms with Gasteiger partial charge in [0.2, 0.25) is 0 Å². The largest absolute Gasteiger partial charge is 0.444 e. The van der Waals surface area contributed by atoms with E-state index in [9.17, 15) is 9.59 Å². The Morgan fingerprint density at radius 2 is 2.06 bits per heavy atom. The van der Waals surface area contributed by atoms with Gasteiger partial charge in [0.25, 0.3) is 0 Å². The quantitative estimate of drug-likeness (QED) is 0.282. The van der Waals surface area contributed by atoms with Crippen LogP contribution >= 0.6 is 22.6 Å². The summed E-state index contributed by atoms with van der Waals surface area (Å²) >= 11 is 2.21. The van der Waals surface area contributed by atoms with Crippen LogP contribution in [-0.4, -0.2) is 43.6 Å². The molecule has 33 heavy (non-hydrogen) atoms. The zero-order valence-corrected chi connectivity index (χ0v) is 20.5. The van der Waals surface area contributed by atoms with E-state index in [-0.39, 0.29) is 6.42 Å². The first-order valence-corrected chi connectivity index (χ1v) is 11.4. The van der Waals surface area contributed by atoms with E-state index in [1.165, 1.54) is 6.33 Å². The number of carbonyl (C=O) groups excluding carboxylic acids is 2. The average Bonchev–Trinajstić information content (AvgIpc) is 3.04. The number of nitrogens with one attached hydrogen (secondary N) is 1. The Labute approximate surface area is 203 Å². The van der Waals surface area contributed by atoms with Gasteiger partial charge in [-0.2, -0.15) is 5.10 Å². The molecule has 1 atom stereocenters. The minimum atomic E-state index is -0.815. The fourth-order valence-corrected chi connectivity index (χ4v) is 4.61. The lowest BCUT2D eigenvalue weighted by Crippen LogP contribution is -2.41. The normalized spacial score (nSPS) is 12.6. The second-order valence-electron chi connectivity index (χ2n) is 8.55. The second kappa shape index (κ2) is 8.93. The van der Waals surface area contributed by atoms with E-state index in [0.717, 1.165) is 31.3 Å². The molecule has 0 fully saturated rings. The first-order valence-electron chi connectivity index (χ1n) is 10.3. The molecular weight excluding hydrogens is 535 g/mol. The zero-order chi connectivity index (χ0) is 23.8. The van der Waals surface area contributed by atoms with Gasteiger partial charge in [0.05, 0.1) is 17.3 Å². The van der Waals surface area contributed by atoms with Gasteiger partial charge in [-0.25, -0.2) is 14.3 Å². The third-order valence-corrected chi connectivity index (χ3v) is 6.10. The van der Waals surface area contributed by atoms with Crippen molar-refractivity contribution in [1.82, 2.24) is 24.9 Å². The second-order valence-corrected chi connectivity index (χ2v) is 9.63. The van der Waals surface area contributed by atoms with Gasteiger partial charge in [-0.15, -0.1) is 0 Å². The van der Waals surface area contributed by atoms with Crippen molar-refractivity contribution in [2.45, 2.75) is 38.8 Å². The number of alkyl carbamates (subject to hydrolysis) is 1. The number of benzene rings is 1. The van der Waals surface area contributed by atoms with Crippen LogP contribution in [0, 0.1) is 3.57 Å². The smallest absolute Gasteiger partial charge is 0.408 e. The number of aromatic nitrogens is 4. The van der Waals surface area contributed by atoms with Crippen molar-refractivity contribution < 1.29 is 14.3 Å². The molecule has 0 spiro atoms. The number of rotatable bonds is 5. The molecule has 0 radical (unpaired) electrons. The van der Waals surface area contributed by atoms with Crippen LogP contribution in [0.15, 0.2) is 42.9 Å². The Morgan fingerprint density at radius 1 is 1.30 bits per heavy atom. The number of nitrogens with zero attached hydrogens (tertiary/aromatic N) is 4. The van der Waals surface area contributed by atoms with Crippen molar-refractivity contribution in [3.8, 4) is 11.1 Å². The summed E-state index contributed by atoms with van der Waals surface area (Å²) in [7, 11) is 0. The third-order valence-electron chi connectivity index (χ3n) is 4.94. The maximum absolute atomic E-state index is 12.2. The minimum absolute atomic E-state index is 0.194. The van der Waals surface area contributed by atoms with E-state index >= 15 is 0 Å². The number of hydrogen-bond acceptors (Lipinski definition) is 7. The van der Waals surface area contributed by atoms with Crippen LogP contribution < -0.4 is 11.1 Å². The van der Waals surface area contributed by atoms with Crippen LogP contribution in [0.2, 0.25) is 0 Å². The number of pyridine rings is 1. The fraction of sp³-hybridized carbons (Fsp3) is 0.261. The minimum Gasteiger partial charge on any atom is -0.444 e. The molecule has 9 nitrogen and oxygen atoms in total. The Kier molecular flexibility index (Phi) is 6.19. The number of para-hydroxylation sites is 1. The van der Waals surface area contributed by atoms with Gasteiger partial charge in [0.15, 0.2) is 5.82 Å². The highest BCUT2D eigenvalue weighted by molar-refractivity contribution is 14.1. The van der Waals surface area contributed by atoms with Gasteiger partial charge in [-0.05, 0) is 55.5 Å². The predicted octanol–water partition coefficient (Wildman–Crippen LogP) is 3.77. The highest BCUT2D eigenvalue weighted by atomic mass is 127. The summed E-state index contributed by atoms with van der Waals surface area (Å²) in [6, 6.07) is 9.05. The lowest BCUT2D eigenvalue weighted by atomic mass is 10.1. The van der Waals surface area contributed by atoms with Gasteiger partial charge in [-0.3, -0.25) is 4.98 Å². The lowest BCUT2D eigenvalue weighted by Gasteiger charge is -2.21. The molecule has 4 rings (SSSR count). The standard InChI is InChI=1S/C23H23IN6O3/c1-23(2,3)33-22(32)29-15(11-31)9-17-19(24)18(20-21(25)27-12-28-30(17)20)14-8-13-6-4-5-7-16(13)26-10-14/h4-8,10-12,15H,9H2,1-3H3,(H,29,32)(H2,25,27,28)/t15-/m0/s1. The van der Waals surface area contributed by atoms with E-state index in [1.807, 2.05) is 30.3 Å². The highest BCUT2D eigenvalue weighted by Crippen LogP contribution is 2.37. The number of halogens is 1. The first-order chi connectivity index (χ1) is 15.7. The van der Waals surface area contributed by atoms with Crippen LogP contribution in [0.1, 0.15) is 26.5 Å². The Balaban J connectivity index is 1.78. The Morgan fingerprint density at radius 3 is 2.79 bits per heavy atom. The molecule has 4 aromatic rings. The van der Waals surface area contributed by atoms with Gasteiger partial charge in [0.1, 0.15) is 23.7 Å². The van der Waals surface area contributed by atoms with Crippen molar-refractivity contribution in [3.63, 3.8) is 0 Å². The molecule has 170 valence electrons. The summed E-state index contributed by atoms with van der Waals surface area (Å²) in [5, 5.41) is 7.98. The maximum Gasteiger partial charge on any atom is 0.408 e. The fourth-order valence-electron chi connectivity index (χ4n) is 3.59. The number of hydrogen-bond donors (Lipinski definition) is 2. The third kappa shape index (κ3) is 4.75. The van der Waals surface area contributed by atoms with E-state index in [0.29, 0.717) is 17.6 Å². The molecule has 3 heterocycles. The van der Waals surface area contributed by atoms with Crippen molar-refractivity contribution >= 4 is 57.2 Å².